The zero-order chi connectivity index (χ0) is 7.71. The highest BCUT2D eigenvalue weighted by atomic mass is 79.9. The van der Waals surface area contributed by atoms with Gasteiger partial charge in [-0.1, -0.05) is 18.5 Å². The van der Waals surface area contributed by atoms with Gasteiger partial charge in [0.25, 0.3) is 5.13 Å². The van der Waals surface area contributed by atoms with Crippen LogP contribution in [0.3, 0.4) is 0 Å². The van der Waals surface area contributed by atoms with E-state index in [4.69, 9.17) is 11.6 Å². The van der Waals surface area contributed by atoms with Crippen LogP contribution < -0.4 is 0 Å². The summed E-state index contributed by atoms with van der Waals surface area (Å²) in [5.41, 5.74) is 0. The van der Waals surface area contributed by atoms with Crippen molar-refractivity contribution in [1.82, 2.24) is 0 Å². The van der Waals surface area contributed by atoms with Gasteiger partial charge in [0, 0.05) is 0 Å². The molecule has 0 aliphatic heterocycles. The Morgan fingerprint density at radius 2 is 1.78 bits per heavy atom. The third kappa shape index (κ3) is 2.34. The molecule has 0 saturated heterocycles. The van der Waals surface area contributed by atoms with Gasteiger partial charge < -0.3 is 0 Å². The van der Waals surface area contributed by atoms with E-state index in [-0.39, 0.29) is 0 Å². The molecule has 0 unspecified atom stereocenters. The summed E-state index contributed by atoms with van der Waals surface area (Å²) in [5, 5.41) is -2.97. The molecule has 0 amide bonds. The Balaban J connectivity index is 4.14. The maximum atomic E-state index is 12.3. The van der Waals surface area contributed by atoms with E-state index in [1.165, 1.54) is 6.92 Å². The lowest BCUT2D eigenvalue weighted by Gasteiger charge is -2.20. The third-order valence-electron chi connectivity index (χ3n) is 0.859. The van der Waals surface area contributed by atoms with Crippen LogP contribution in [-0.2, 0) is 0 Å². The Kier molecular flexibility index (Phi) is 2.83. The summed E-state index contributed by atoms with van der Waals surface area (Å²) in [6.07, 6.45) is -0.438. The number of hydrogen-bond acceptors (Lipinski definition) is 0. The van der Waals surface area contributed by atoms with E-state index in [1.54, 1.807) is 0 Å². The van der Waals surface area contributed by atoms with Gasteiger partial charge in [-0.2, -0.15) is 8.78 Å². The number of rotatable bonds is 2. The molecule has 0 spiro atoms. The van der Waals surface area contributed by atoms with E-state index >= 15 is 0 Å². The second kappa shape index (κ2) is 2.66. The monoisotopic (exact) mass is 224 g/mol. The quantitative estimate of drug-likeness (QED) is 0.633. The lowest BCUT2D eigenvalue weighted by molar-refractivity contribution is -0.00678. The van der Waals surface area contributed by atoms with Crippen LogP contribution in [0.1, 0.15) is 13.3 Å². The first kappa shape index (κ1) is 9.56. The fourth-order valence-electron chi connectivity index (χ4n) is 0.200. The average molecular weight is 225 g/mol. The first-order valence-corrected chi connectivity index (χ1v) is 3.43. The molecule has 0 heterocycles. The fourth-order valence-corrected chi connectivity index (χ4v) is 0.481. The molecule has 0 aromatic carbocycles. The summed E-state index contributed by atoms with van der Waals surface area (Å²) in [7, 11) is 0. The van der Waals surface area contributed by atoms with Gasteiger partial charge in [0.2, 0.25) is 0 Å². The number of halogens is 5. The molecule has 1 atom stereocenters. The Labute approximate surface area is 64.5 Å². The van der Waals surface area contributed by atoms with Crippen molar-refractivity contribution in [3.8, 4) is 0 Å². The highest BCUT2D eigenvalue weighted by Crippen LogP contribution is 2.43. The largest absolute Gasteiger partial charge is 0.348 e. The molecular formula is C4H5BrClF3. The molecule has 0 nitrogen and oxygen atoms in total. The summed E-state index contributed by atoms with van der Waals surface area (Å²) in [6, 6.07) is 0. The maximum Gasteiger partial charge on any atom is 0.348 e. The average Bonchev–Trinajstić information content (AvgIpc) is 1.64. The van der Waals surface area contributed by atoms with Gasteiger partial charge in [-0.3, -0.25) is 0 Å². The molecule has 0 N–H and O–H groups in total. The summed E-state index contributed by atoms with van der Waals surface area (Å²) in [6.45, 7) is 1.24. The van der Waals surface area contributed by atoms with Gasteiger partial charge in [0.15, 0.2) is 0 Å². The van der Waals surface area contributed by atoms with Crippen molar-refractivity contribution in [3.63, 3.8) is 0 Å². The fraction of sp³-hybridized carbons (Fsp3) is 1.00. The van der Waals surface area contributed by atoms with Crippen LogP contribution in [-0.4, -0.2) is 9.96 Å². The van der Waals surface area contributed by atoms with Crippen molar-refractivity contribution in [2.75, 3.05) is 0 Å². The zero-order valence-electron chi connectivity index (χ0n) is 4.60. The minimum absolute atomic E-state index is 0.438. The van der Waals surface area contributed by atoms with Gasteiger partial charge in [-0.15, -0.1) is 0 Å². The predicted octanol–water partition coefficient (Wildman–Crippen LogP) is 3.29. The van der Waals surface area contributed by atoms with E-state index in [0.717, 1.165) is 0 Å². The predicted molar refractivity (Wildman–Crippen MR) is 33.9 cm³/mol. The Hall–Kier alpha value is 0.560. The van der Waals surface area contributed by atoms with Crippen LogP contribution in [0.4, 0.5) is 13.2 Å². The van der Waals surface area contributed by atoms with Crippen molar-refractivity contribution in [2.45, 2.75) is 23.3 Å². The van der Waals surface area contributed by atoms with Crippen molar-refractivity contribution in [2.24, 2.45) is 0 Å². The summed E-state index contributed by atoms with van der Waals surface area (Å²) < 4.78 is 36.1. The van der Waals surface area contributed by atoms with Crippen LogP contribution in [0.25, 0.3) is 0 Å². The molecule has 0 saturated carbocycles. The highest BCUT2D eigenvalue weighted by molar-refractivity contribution is 9.10. The third-order valence-corrected chi connectivity index (χ3v) is 2.22. The molecular weight excluding hydrogens is 220 g/mol. The summed E-state index contributed by atoms with van der Waals surface area (Å²) in [4.78, 5) is -3.64. The van der Waals surface area contributed by atoms with Gasteiger partial charge in [0.1, 0.15) is 0 Å². The lowest BCUT2D eigenvalue weighted by atomic mass is 10.3. The molecule has 0 aromatic rings. The standard InChI is InChI=1S/C4H5BrClF3/c1-2-3(6,7)4(5,8)9/h2H2,1H3/t3-/m0/s1. The smallest absolute Gasteiger partial charge is 0.218 e. The van der Waals surface area contributed by atoms with E-state index in [1.807, 2.05) is 15.9 Å². The molecule has 0 aromatic heterocycles. The molecule has 0 aliphatic rings. The highest BCUT2D eigenvalue weighted by Gasteiger charge is 2.50. The van der Waals surface area contributed by atoms with Crippen LogP contribution in [0.2, 0.25) is 0 Å². The Morgan fingerprint density at radius 1 is 1.44 bits per heavy atom. The van der Waals surface area contributed by atoms with Crippen molar-refractivity contribution >= 4 is 27.5 Å². The SMILES string of the molecule is CC[C@@](F)(Cl)C(F)(F)Br. The molecule has 0 bridgehead atoms. The number of hydrogen-bond donors (Lipinski definition) is 0. The Morgan fingerprint density at radius 3 is 1.78 bits per heavy atom. The number of alkyl halides is 5. The molecule has 0 rings (SSSR count). The van der Waals surface area contributed by atoms with Crippen LogP contribution in [0.15, 0.2) is 0 Å². The normalized spacial score (nSPS) is 19.3. The zero-order valence-corrected chi connectivity index (χ0v) is 6.94. The van der Waals surface area contributed by atoms with Crippen molar-refractivity contribution in [1.29, 1.82) is 0 Å². The van der Waals surface area contributed by atoms with E-state index in [2.05, 4.69) is 0 Å². The van der Waals surface area contributed by atoms with Crippen LogP contribution in [0.5, 0.6) is 0 Å². The van der Waals surface area contributed by atoms with Gasteiger partial charge in [0.05, 0.1) is 0 Å². The second-order valence-corrected chi connectivity index (χ2v) is 3.15. The van der Waals surface area contributed by atoms with Crippen molar-refractivity contribution < 1.29 is 13.2 Å². The minimum atomic E-state index is -3.64. The molecule has 9 heavy (non-hydrogen) atoms. The minimum Gasteiger partial charge on any atom is -0.218 e. The van der Waals surface area contributed by atoms with Crippen LogP contribution in [0, 0.1) is 0 Å². The lowest BCUT2D eigenvalue weighted by Crippen LogP contribution is -2.32. The molecule has 0 radical (unpaired) electrons. The van der Waals surface area contributed by atoms with Gasteiger partial charge in [-0.05, 0) is 22.4 Å². The molecule has 0 fully saturated rings. The van der Waals surface area contributed by atoms with Gasteiger partial charge in [-0.25, -0.2) is 4.39 Å². The molecule has 0 aliphatic carbocycles. The Bertz CT molecular complexity index is 98.5. The topological polar surface area (TPSA) is 0 Å². The van der Waals surface area contributed by atoms with Crippen LogP contribution >= 0.6 is 27.5 Å². The van der Waals surface area contributed by atoms with Crippen molar-refractivity contribution in [3.05, 3.63) is 0 Å². The van der Waals surface area contributed by atoms with E-state index in [0.29, 0.717) is 0 Å². The van der Waals surface area contributed by atoms with Gasteiger partial charge >= 0.3 is 4.83 Å². The molecule has 56 valence electrons. The summed E-state index contributed by atoms with van der Waals surface area (Å²) in [5.74, 6) is 0. The first-order chi connectivity index (χ1) is 3.81. The molecule has 5 heteroatoms. The second-order valence-electron chi connectivity index (χ2n) is 1.56. The first-order valence-electron chi connectivity index (χ1n) is 2.26. The summed E-state index contributed by atoms with van der Waals surface area (Å²) >= 11 is 6.55. The maximum absolute atomic E-state index is 12.3. The van der Waals surface area contributed by atoms with E-state index in [9.17, 15) is 13.2 Å². The van der Waals surface area contributed by atoms with E-state index < -0.39 is 16.4 Å².